The molecule has 0 saturated heterocycles. The molecule has 3 rings (SSSR count). The normalized spacial score (nSPS) is 22.3. The van der Waals surface area contributed by atoms with Crippen molar-refractivity contribution in [2.75, 3.05) is 5.73 Å². The van der Waals surface area contributed by atoms with Crippen LogP contribution in [0.5, 0.6) is 0 Å². The molecule has 3 N–H and O–H groups in total. The number of anilines is 1. The van der Waals surface area contributed by atoms with Gasteiger partial charge in [-0.15, -0.1) is 0 Å². The lowest BCUT2D eigenvalue weighted by atomic mass is 9.69. The lowest BCUT2D eigenvalue weighted by Gasteiger charge is -2.36. The predicted octanol–water partition coefficient (Wildman–Crippen LogP) is 3.52. The van der Waals surface area contributed by atoms with Crippen molar-refractivity contribution in [2.45, 2.75) is 46.0 Å². The van der Waals surface area contributed by atoms with Crippen molar-refractivity contribution in [1.82, 2.24) is 19.5 Å². The lowest BCUT2D eigenvalue weighted by molar-refractivity contribution is -0.136. The van der Waals surface area contributed by atoms with Crippen molar-refractivity contribution in [1.29, 1.82) is 0 Å². The van der Waals surface area contributed by atoms with Gasteiger partial charge in [-0.05, 0) is 30.2 Å². The lowest BCUT2D eigenvalue weighted by Crippen LogP contribution is -2.26. The number of allylic oxidation sites excluding steroid dienone is 4. The Bertz CT molecular complexity index is 917. The summed E-state index contributed by atoms with van der Waals surface area (Å²) in [6, 6.07) is 1.72. The highest BCUT2D eigenvalue weighted by atomic mass is 16.4. The molecule has 0 aliphatic heterocycles. The summed E-state index contributed by atoms with van der Waals surface area (Å²) in [5, 5.41) is 9.29. The number of nitrogen functional groups attached to an aromatic ring is 1. The summed E-state index contributed by atoms with van der Waals surface area (Å²) >= 11 is 0. The van der Waals surface area contributed by atoms with E-state index in [0.717, 1.165) is 18.7 Å². The van der Waals surface area contributed by atoms with Crippen molar-refractivity contribution in [2.24, 2.45) is 11.3 Å². The molecule has 0 fully saturated rings. The fourth-order valence-corrected chi connectivity index (χ4v) is 3.81. The number of carboxylic acid groups (broad SMARTS) is 1. The number of rotatable bonds is 7. The van der Waals surface area contributed by atoms with Gasteiger partial charge in [0, 0.05) is 18.3 Å². The van der Waals surface area contributed by atoms with Gasteiger partial charge >= 0.3 is 5.97 Å². The molecule has 0 radical (unpaired) electrons. The van der Waals surface area contributed by atoms with Gasteiger partial charge in [0.1, 0.15) is 11.6 Å². The molecule has 148 valence electrons. The third-order valence-corrected chi connectivity index (χ3v) is 5.67. The van der Waals surface area contributed by atoms with Gasteiger partial charge in [0.2, 0.25) is 5.95 Å². The largest absolute Gasteiger partial charge is 0.481 e. The van der Waals surface area contributed by atoms with E-state index < -0.39 is 5.97 Å². The predicted molar refractivity (Wildman–Crippen MR) is 108 cm³/mol. The molecule has 7 nitrogen and oxygen atoms in total. The maximum Gasteiger partial charge on any atom is 0.309 e. The molecular weight excluding hydrogens is 354 g/mol. The van der Waals surface area contributed by atoms with Crippen LogP contribution in [0.25, 0.3) is 5.82 Å². The van der Waals surface area contributed by atoms with E-state index in [4.69, 9.17) is 5.73 Å². The van der Waals surface area contributed by atoms with Crippen LogP contribution >= 0.6 is 0 Å². The maximum atomic E-state index is 11.3. The van der Waals surface area contributed by atoms with Crippen LogP contribution in [-0.4, -0.2) is 30.6 Å². The second kappa shape index (κ2) is 7.96. The van der Waals surface area contributed by atoms with Crippen molar-refractivity contribution >= 4 is 11.9 Å². The Balaban J connectivity index is 1.97. The van der Waals surface area contributed by atoms with E-state index >= 15 is 0 Å². The summed E-state index contributed by atoms with van der Waals surface area (Å²) in [5.74, 6) is 1.04. The van der Waals surface area contributed by atoms with Gasteiger partial charge in [-0.25, -0.2) is 9.97 Å². The Morgan fingerprint density at radius 1 is 1.39 bits per heavy atom. The van der Waals surface area contributed by atoms with Gasteiger partial charge in [0.25, 0.3) is 0 Å². The van der Waals surface area contributed by atoms with Crippen LogP contribution in [0.2, 0.25) is 0 Å². The van der Waals surface area contributed by atoms with Gasteiger partial charge in [0.05, 0.1) is 12.1 Å². The number of imidazole rings is 1. The van der Waals surface area contributed by atoms with E-state index in [1.54, 1.807) is 18.5 Å². The topological polar surface area (TPSA) is 107 Å². The molecule has 2 aromatic heterocycles. The summed E-state index contributed by atoms with van der Waals surface area (Å²) in [5.41, 5.74) is 6.43. The number of aromatic nitrogens is 4. The fraction of sp³-hybridized carbons (Fsp3) is 0.429. The van der Waals surface area contributed by atoms with Gasteiger partial charge < -0.3 is 10.8 Å². The first-order valence-corrected chi connectivity index (χ1v) is 9.57. The zero-order valence-electron chi connectivity index (χ0n) is 16.5. The minimum atomic E-state index is -0.915. The molecule has 2 aromatic rings. The van der Waals surface area contributed by atoms with Crippen LogP contribution in [0.3, 0.4) is 0 Å². The number of nitrogens with zero attached hydrogens (tertiary/aromatic N) is 4. The van der Waals surface area contributed by atoms with Crippen LogP contribution in [0.4, 0.5) is 5.95 Å². The van der Waals surface area contributed by atoms with Crippen LogP contribution in [0.1, 0.15) is 51.0 Å². The molecule has 0 saturated carbocycles. The molecule has 2 heterocycles. The summed E-state index contributed by atoms with van der Waals surface area (Å²) in [4.78, 5) is 24.1. The van der Waals surface area contributed by atoms with E-state index in [1.165, 1.54) is 0 Å². The zero-order chi connectivity index (χ0) is 20.3. The second-order valence-corrected chi connectivity index (χ2v) is 7.63. The first-order valence-electron chi connectivity index (χ1n) is 9.57. The summed E-state index contributed by atoms with van der Waals surface area (Å²) in [6.45, 7) is 6.60. The molecule has 3 unspecified atom stereocenters. The Labute approximate surface area is 165 Å². The average molecular weight is 381 g/mol. The van der Waals surface area contributed by atoms with E-state index in [1.807, 2.05) is 4.57 Å². The smallest absolute Gasteiger partial charge is 0.309 e. The molecule has 7 heteroatoms. The first-order chi connectivity index (χ1) is 13.3. The van der Waals surface area contributed by atoms with Gasteiger partial charge in [0.15, 0.2) is 0 Å². The molecule has 0 bridgehead atoms. The number of hydrogen-bond donors (Lipinski definition) is 2. The minimum Gasteiger partial charge on any atom is -0.481 e. The average Bonchev–Trinajstić information content (AvgIpc) is 3.06. The van der Waals surface area contributed by atoms with Gasteiger partial charge in [-0.1, -0.05) is 45.1 Å². The van der Waals surface area contributed by atoms with Crippen molar-refractivity contribution < 1.29 is 9.90 Å². The molecule has 0 aromatic carbocycles. The fourth-order valence-electron chi connectivity index (χ4n) is 3.81. The van der Waals surface area contributed by atoms with Crippen molar-refractivity contribution in [3.8, 4) is 5.82 Å². The first kappa shape index (κ1) is 19.8. The number of carboxylic acids is 1. The Morgan fingerprint density at radius 3 is 2.86 bits per heavy atom. The van der Waals surface area contributed by atoms with Crippen LogP contribution < -0.4 is 5.73 Å². The number of carbonyl (C=O) groups is 1. The third kappa shape index (κ3) is 3.98. The highest BCUT2D eigenvalue weighted by Crippen LogP contribution is 2.41. The molecule has 0 amide bonds. The van der Waals surface area contributed by atoms with Crippen LogP contribution in [-0.2, 0) is 11.2 Å². The summed E-state index contributed by atoms with van der Waals surface area (Å²) in [7, 11) is 0. The third-order valence-electron chi connectivity index (χ3n) is 5.67. The highest BCUT2D eigenvalue weighted by molar-refractivity contribution is 5.69. The summed E-state index contributed by atoms with van der Waals surface area (Å²) < 4.78 is 1.81. The quantitative estimate of drug-likeness (QED) is 0.760. The van der Waals surface area contributed by atoms with Gasteiger partial charge in [-0.3, -0.25) is 9.36 Å². The van der Waals surface area contributed by atoms with E-state index in [9.17, 15) is 9.90 Å². The maximum absolute atomic E-state index is 11.3. The second-order valence-electron chi connectivity index (χ2n) is 7.63. The van der Waals surface area contributed by atoms with Crippen molar-refractivity contribution in [3.63, 3.8) is 0 Å². The standard InChI is InChI=1S/C21H27N5O2/c1-4-21(3)9-6-5-7-15(21)11-14(2)19-24-13-16(12-18(27)28)26(19)17-8-10-23-20(22)25-17/h5-10,13-15H,4,11-12H2,1-3H3,(H,27,28)(H2,22,23,25). The van der Waals surface area contributed by atoms with Crippen molar-refractivity contribution in [3.05, 3.63) is 54.3 Å². The minimum absolute atomic E-state index is 0.101. The zero-order valence-corrected chi connectivity index (χ0v) is 16.5. The van der Waals surface area contributed by atoms with Crippen LogP contribution in [0, 0.1) is 11.3 Å². The molecule has 1 aliphatic carbocycles. The number of hydrogen-bond acceptors (Lipinski definition) is 5. The van der Waals surface area contributed by atoms with Crippen LogP contribution in [0.15, 0.2) is 42.8 Å². The number of aliphatic carboxylic acids is 1. The van der Waals surface area contributed by atoms with Gasteiger partial charge in [-0.2, -0.15) is 4.98 Å². The highest BCUT2D eigenvalue weighted by Gasteiger charge is 2.32. The molecule has 28 heavy (non-hydrogen) atoms. The molecule has 3 atom stereocenters. The Hall–Kier alpha value is -2.96. The Kier molecular flexibility index (Phi) is 5.63. The molecular formula is C21H27N5O2. The molecule has 1 aliphatic rings. The SMILES string of the molecule is CCC1(C)C=CC=CC1CC(C)c1ncc(CC(=O)O)n1-c1ccnc(N)n1. The number of nitrogens with two attached hydrogens (primary N) is 1. The molecule has 0 spiro atoms. The van der Waals surface area contributed by atoms with E-state index in [0.29, 0.717) is 17.4 Å². The monoisotopic (exact) mass is 381 g/mol. The van der Waals surface area contributed by atoms with E-state index in [2.05, 4.69) is 60.0 Å². The summed E-state index contributed by atoms with van der Waals surface area (Å²) in [6.07, 6.45) is 13.7. The Morgan fingerprint density at radius 2 is 2.18 bits per heavy atom. The van der Waals surface area contributed by atoms with E-state index in [-0.39, 0.29) is 23.7 Å².